The Morgan fingerprint density at radius 1 is 1.22 bits per heavy atom. The van der Waals surface area contributed by atoms with E-state index >= 15 is 0 Å². The molecule has 4 rings (SSSR count). The number of halogens is 1. The molecule has 2 aromatic rings. The highest BCUT2D eigenvalue weighted by atomic mass is 19.1. The van der Waals surface area contributed by atoms with Crippen LogP contribution in [0.2, 0.25) is 0 Å². The van der Waals surface area contributed by atoms with Crippen LogP contribution in [-0.2, 0) is 17.7 Å². The summed E-state index contributed by atoms with van der Waals surface area (Å²) in [6.07, 6.45) is 1.26. The molecule has 1 fully saturated rings. The number of rotatable bonds is 3. The van der Waals surface area contributed by atoms with Crippen LogP contribution < -0.4 is 0 Å². The molecular formula is C19H20FN3O4. The van der Waals surface area contributed by atoms with Crippen molar-refractivity contribution in [3.8, 4) is 0 Å². The first-order valence-corrected chi connectivity index (χ1v) is 8.91. The number of methoxy groups -OCH3 is 1. The van der Waals surface area contributed by atoms with Gasteiger partial charge in [0.15, 0.2) is 0 Å². The summed E-state index contributed by atoms with van der Waals surface area (Å²) in [6.45, 7) is 1.70. The maximum Gasteiger partial charge on any atom is 0.309 e. The zero-order chi connectivity index (χ0) is 19.0. The molecular weight excluding hydrogens is 353 g/mol. The quantitative estimate of drug-likeness (QED) is 0.821. The Morgan fingerprint density at radius 3 is 2.78 bits per heavy atom. The molecule has 1 aromatic carbocycles. The van der Waals surface area contributed by atoms with E-state index in [-0.39, 0.29) is 30.0 Å². The second-order valence-corrected chi connectivity index (χ2v) is 6.74. The highest BCUT2D eigenvalue weighted by Gasteiger charge is 2.33. The average Bonchev–Trinajstić information content (AvgIpc) is 3.33. The SMILES string of the molecule is CO[C@@H]1CCN(C(=O)c2nc3c(o2)CCN(C(=O)c2ccccc2F)C3)C1. The molecule has 1 saturated heterocycles. The van der Waals surface area contributed by atoms with Gasteiger partial charge in [0, 0.05) is 33.2 Å². The molecule has 8 heteroatoms. The van der Waals surface area contributed by atoms with Gasteiger partial charge in [0.1, 0.15) is 17.3 Å². The Balaban J connectivity index is 1.49. The van der Waals surface area contributed by atoms with E-state index in [4.69, 9.17) is 9.15 Å². The Morgan fingerprint density at radius 2 is 2.04 bits per heavy atom. The van der Waals surface area contributed by atoms with E-state index in [0.717, 1.165) is 6.42 Å². The summed E-state index contributed by atoms with van der Waals surface area (Å²) in [5.41, 5.74) is 0.584. The molecule has 0 saturated carbocycles. The molecule has 3 heterocycles. The van der Waals surface area contributed by atoms with Crippen LogP contribution in [0.5, 0.6) is 0 Å². The molecule has 7 nitrogen and oxygen atoms in total. The topological polar surface area (TPSA) is 75.9 Å². The second-order valence-electron chi connectivity index (χ2n) is 6.74. The number of amides is 2. The fourth-order valence-corrected chi connectivity index (χ4v) is 3.51. The molecule has 0 aliphatic carbocycles. The van der Waals surface area contributed by atoms with E-state index in [1.165, 1.54) is 17.0 Å². The molecule has 2 aliphatic rings. The van der Waals surface area contributed by atoms with Gasteiger partial charge in [0.05, 0.1) is 18.2 Å². The van der Waals surface area contributed by atoms with Crippen LogP contribution in [0.15, 0.2) is 28.7 Å². The second kappa shape index (κ2) is 7.11. The average molecular weight is 373 g/mol. The Kier molecular flexibility index (Phi) is 4.65. The standard InChI is InChI=1S/C19H20FN3O4/c1-26-12-6-8-22(10-12)19(25)17-21-15-11-23(9-7-16(15)27-17)18(24)13-4-2-3-5-14(13)20/h2-5,12H,6-11H2,1H3/t12-/m1/s1. The van der Waals surface area contributed by atoms with E-state index in [1.54, 1.807) is 24.1 Å². The van der Waals surface area contributed by atoms with Crippen LogP contribution in [0.4, 0.5) is 4.39 Å². The van der Waals surface area contributed by atoms with E-state index in [0.29, 0.717) is 37.5 Å². The first-order chi connectivity index (χ1) is 13.1. The van der Waals surface area contributed by atoms with Crippen LogP contribution in [0.1, 0.15) is 38.9 Å². The van der Waals surface area contributed by atoms with E-state index in [2.05, 4.69) is 4.98 Å². The van der Waals surface area contributed by atoms with Crippen molar-refractivity contribution in [3.05, 3.63) is 53.0 Å². The first-order valence-electron chi connectivity index (χ1n) is 8.91. The number of hydrogen-bond donors (Lipinski definition) is 0. The Bertz CT molecular complexity index is 882. The summed E-state index contributed by atoms with van der Waals surface area (Å²) in [7, 11) is 1.63. The summed E-state index contributed by atoms with van der Waals surface area (Å²) >= 11 is 0. The van der Waals surface area contributed by atoms with Gasteiger partial charge in [0.25, 0.3) is 11.8 Å². The van der Waals surface area contributed by atoms with Crippen molar-refractivity contribution in [2.45, 2.75) is 25.5 Å². The number of carbonyl (C=O) groups is 2. The van der Waals surface area contributed by atoms with Crippen LogP contribution in [0.3, 0.4) is 0 Å². The van der Waals surface area contributed by atoms with E-state index in [1.807, 2.05) is 0 Å². The third-order valence-corrected chi connectivity index (χ3v) is 5.07. The predicted molar refractivity (Wildman–Crippen MR) is 92.7 cm³/mol. The molecule has 2 aliphatic heterocycles. The summed E-state index contributed by atoms with van der Waals surface area (Å²) in [4.78, 5) is 32.7. The third-order valence-electron chi connectivity index (χ3n) is 5.07. The number of nitrogens with zero attached hydrogens (tertiary/aromatic N) is 3. The summed E-state index contributed by atoms with van der Waals surface area (Å²) in [5.74, 6) is -0.561. The zero-order valence-electron chi connectivity index (χ0n) is 15.0. The van der Waals surface area contributed by atoms with E-state index < -0.39 is 11.7 Å². The van der Waals surface area contributed by atoms with Crippen molar-refractivity contribution in [1.82, 2.24) is 14.8 Å². The summed E-state index contributed by atoms with van der Waals surface area (Å²) in [6, 6.07) is 5.90. The zero-order valence-corrected chi connectivity index (χ0v) is 15.0. The van der Waals surface area contributed by atoms with Crippen molar-refractivity contribution in [1.29, 1.82) is 0 Å². The minimum atomic E-state index is -0.550. The number of benzene rings is 1. The highest BCUT2D eigenvalue weighted by molar-refractivity contribution is 5.94. The number of ether oxygens (including phenoxy) is 1. The van der Waals surface area contributed by atoms with Crippen LogP contribution in [0, 0.1) is 5.82 Å². The van der Waals surface area contributed by atoms with Crippen LogP contribution in [0.25, 0.3) is 0 Å². The summed E-state index contributed by atoms with van der Waals surface area (Å²) < 4.78 is 24.8. The molecule has 0 N–H and O–H groups in total. The maximum atomic E-state index is 13.9. The largest absolute Gasteiger partial charge is 0.437 e. The van der Waals surface area contributed by atoms with Gasteiger partial charge in [-0.25, -0.2) is 9.37 Å². The normalized spacial score (nSPS) is 19.3. The van der Waals surface area contributed by atoms with Crippen molar-refractivity contribution in [2.24, 2.45) is 0 Å². The fourth-order valence-electron chi connectivity index (χ4n) is 3.51. The van der Waals surface area contributed by atoms with Gasteiger partial charge in [-0.3, -0.25) is 9.59 Å². The lowest BCUT2D eigenvalue weighted by atomic mass is 10.1. The smallest absolute Gasteiger partial charge is 0.309 e. The van der Waals surface area contributed by atoms with Crippen molar-refractivity contribution < 1.29 is 23.1 Å². The van der Waals surface area contributed by atoms with Gasteiger partial charge in [-0.15, -0.1) is 0 Å². The predicted octanol–water partition coefficient (Wildman–Crippen LogP) is 1.87. The number of hydrogen-bond acceptors (Lipinski definition) is 5. The van der Waals surface area contributed by atoms with Gasteiger partial charge in [-0.2, -0.15) is 0 Å². The monoisotopic (exact) mass is 373 g/mol. The third kappa shape index (κ3) is 3.32. The number of aromatic nitrogens is 1. The highest BCUT2D eigenvalue weighted by Crippen LogP contribution is 2.24. The van der Waals surface area contributed by atoms with Crippen molar-refractivity contribution >= 4 is 11.8 Å². The minimum Gasteiger partial charge on any atom is -0.437 e. The number of carbonyl (C=O) groups excluding carboxylic acids is 2. The Labute approximate surface area is 155 Å². The molecule has 27 heavy (non-hydrogen) atoms. The lowest BCUT2D eigenvalue weighted by Gasteiger charge is -2.25. The number of fused-ring (bicyclic) bond motifs is 1. The number of oxazole rings is 1. The van der Waals surface area contributed by atoms with Crippen molar-refractivity contribution in [3.63, 3.8) is 0 Å². The van der Waals surface area contributed by atoms with Gasteiger partial charge < -0.3 is 19.0 Å². The minimum absolute atomic E-state index is 0.0309. The molecule has 0 spiro atoms. The fraction of sp³-hybridized carbons (Fsp3) is 0.421. The van der Waals surface area contributed by atoms with Crippen LogP contribution in [-0.4, -0.2) is 59.4 Å². The molecule has 0 radical (unpaired) electrons. The summed E-state index contributed by atoms with van der Waals surface area (Å²) in [5, 5.41) is 0. The van der Waals surface area contributed by atoms with Gasteiger partial charge in [-0.1, -0.05) is 12.1 Å². The Hall–Kier alpha value is -2.74. The number of likely N-dealkylation sites (tertiary alicyclic amines) is 1. The molecule has 0 bridgehead atoms. The van der Waals surface area contributed by atoms with E-state index in [9.17, 15) is 14.0 Å². The lowest BCUT2D eigenvalue weighted by molar-refractivity contribution is 0.0683. The maximum absolute atomic E-state index is 13.9. The van der Waals surface area contributed by atoms with Crippen LogP contribution >= 0.6 is 0 Å². The first kappa shape index (κ1) is 17.7. The molecule has 1 aromatic heterocycles. The molecule has 142 valence electrons. The van der Waals surface area contributed by atoms with Crippen molar-refractivity contribution in [2.75, 3.05) is 26.7 Å². The molecule has 1 atom stereocenters. The molecule has 0 unspecified atom stereocenters. The van der Waals surface area contributed by atoms with Gasteiger partial charge >= 0.3 is 5.91 Å². The molecule has 2 amide bonds. The van der Waals surface area contributed by atoms with Gasteiger partial charge in [-0.05, 0) is 18.6 Å². The van der Waals surface area contributed by atoms with Gasteiger partial charge in [0.2, 0.25) is 0 Å². The lowest BCUT2D eigenvalue weighted by Crippen LogP contribution is -2.36.